The van der Waals surface area contributed by atoms with Gasteiger partial charge in [0.1, 0.15) is 5.75 Å². The van der Waals surface area contributed by atoms with E-state index < -0.39 is 6.10 Å². The lowest BCUT2D eigenvalue weighted by Gasteiger charge is -2.13. The van der Waals surface area contributed by atoms with E-state index in [1.807, 2.05) is 24.3 Å². The molecule has 94 valence electrons. The van der Waals surface area contributed by atoms with Crippen molar-refractivity contribution < 1.29 is 19.0 Å². The largest absolute Gasteiger partial charge is 0.479 e. The summed E-state index contributed by atoms with van der Waals surface area (Å²) in [5.74, 6) is 0.291. The Morgan fingerprint density at radius 3 is 2.47 bits per heavy atom. The Morgan fingerprint density at radius 1 is 1.29 bits per heavy atom. The average molecular weight is 238 g/mol. The highest BCUT2D eigenvalue weighted by Crippen LogP contribution is 2.14. The standard InChI is InChI=1S/C13H18O4/c1-4-16-13(14)10(2)17-12-7-5-11(6-8-12)9-15-3/h5-8,10H,4,9H2,1-3H3. The van der Waals surface area contributed by atoms with Crippen LogP contribution < -0.4 is 4.74 Å². The minimum Gasteiger partial charge on any atom is -0.479 e. The van der Waals surface area contributed by atoms with Crippen LogP contribution in [-0.4, -0.2) is 25.8 Å². The highest BCUT2D eigenvalue weighted by molar-refractivity contribution is 5.74. The van der Waals surface area contributed by atoms with E-state index in [0.29, 0.717) is 19.0 Å². The van der Waals surface area contributed by atoms with Gasteiger partial charge < -0.3 is 14.2 Å². The number of rotatable bonds is 6. The van der Waals surface area contributed by atoms with E-state index in [0.717, 1.165) is 5.56 Å². The Bertz CT molecular complexity index is 345. The molecule has 0 bridgehead atoms. The minimum atomic E-state index is -0.594. The average Bonchev–Trinajstić information content (AvgIpc) is 2.32. The summed E-state index contributed by atoms with van der Waals surface area (Å²) in [5.41, 5.74) is 1.06. The molecule has 17 heavy (non-hydrogen) atoms. The third kappa shape index (κ3) is 4.44. The zero-order valence-corrected chi connectivity index (χ0v) is 10.4. The summed E-state index contributed by atoms with van der Waals surface area (Å²) >= 11 is 0. The first-order valence-electron chi connectivity index (χ1n) is 5.58. The number of hydrogen-bond donors (Lipinski definition) is 0. The van der Waals surface area contributed by atoms with Crippen molar-refractivity contribution in [3.8, 4) is 5.75 Å². The fourth-order valence-corrected chi connectivity index (χ4v) is 1.34. The van der Waals surface area contributed by atoms with Crippen molar-refractivity contribution in [1.82, 2.24) is 0 Å². The van der Waals surface area contributed by atoms with Gasteiger partial charge in [0.05, 0.1) is 13.2 Å². The van der Waals surface area contributed by atoms with Crippen molar-refractivity contribution in [2.75, 3.05) is 13.7 Å². The summed E-state index contributed by atoms with van der Waals surface area (Å²) in [4.78, 5) is 11.3. The van der Waals surface area contributed by atoms with Gasteiger partial charge in [-0.05, 0) is 31.5 Å². The Balaban J connectivity index is 2.53. The number of methoxy groups -OCH3 is 1. The molecule has 1 aromatic carbocycles. The maximum atomic E-state index is 11.3. The lowest BCUT2D eigenvalue weighted by molar-refractivity contribution is -0.150. The highest BCUT2D eigenvalue weighted by atomic mass is 16.6. The van der Waals surface area contributed by atoms with Gasteiger partial charge in [0.15, 0.2) is 6.10 Å². The quantitative estimate of drug-likeness (QED) is 0.712. The zero-order chi connectivity index (χ0) is 12.7. The predicted molar refractivity (Wildman–Crippen MR) is 63.9 cm³/mol. The molecule has 4 nitrogen and oxygen atoms in total. The van der Waals surface area contributed by atoms with Crippen molar-refractivity contribution in [1.29, 1.82) is 0 Å². The third-order valence-electron chi connectivity index (χ3n) is 2.17. The summed E-state index contributed by atoms with van der Waals surface area (Å²) < 4.78 is 15.3. The van der Waals surface area contributed by atoms with Crippen LogP contribution in [-0.2, 0) is 20.9 Å². The Morgan fingerprint density at radius 2 is 1.94 bits per heavy atom. The fourth-order valence-electron chi connectivity index (χ4n) is 1.34. The molecule has 0 fully saturated rings. The van der Waals surface area contributed by atoms with Crippen molar-refractivity contribution in [2.45, 2.75) is 26.6 Å². The van der Waals surface area contributed by atoms with E-state index in [2.05, 4.69) is 0 Å². The summed E-state index contributed by atoms with van der Waals surface area (Å²) in [6.07, 6.45) is -0.594. The molecule has 0 N–H and O–H groups in total. The molecule has 0 aliphatic heterocycles. The fraction of sp³-hybridized carbons (Fsp3) is 0.462. The summed E-state index contributed by atoms with van der Waals surface area (Å²) in [7, 11) is 1.65. The second-order valence-electron chi connectivity index (χ2n) is 3.59. The molecule has 0 aliphatic carbocycles. The normalized spacial score (nSPS) is 11.9. The lowest BCUT2D eigenvalue weighted by atomic mass is 10.2. The van der Waals surface area contributed by atoms with Crippen LogP contribution in [0.1, 0.15) is 19.4 Å². The Hall–Kier alpha value is -1.55. The molecule has 0 spiro atoms. The molecule has 4 heteroatoms. The SMILES string of the molecule is CCOC(=O)C(C)Oc1ccc(COC)cc1. The maximum absolute atomic E-state index is 11.3. The van der Waals surface area contributed by atoms with Crippen LogP contribution in [0.25, 0.3) is 0 Å². The molecular weight excluding hydrogens is 220 g/mol. The molecule has 0 amide bonds. The zero-order valence-electron chi connectivity index (χ0n) is 10.4. The minimum absolute atomic E-state index is 0.353. The first kappa shape index (κ1) is 13.5. The first-order valence-corrected chi connectivity index (χ1v) is 5.58. The van der Waals surface area contributed by atoms with Crippen LogP contribution in [0.2, 0.25) is 0 Å². The molecule has 0 saturated heterocycles. The number of benzene rings is 1. The van der Waals surface area contributed by atoms with Gasteiger partial charge in [-0.15, -0.1) is 0 Å². The third-order valence-corrected chi connectivity index (χ3v) is 2.17. The topological polar surface area (TPSA) is 44.8 Å². The van der Waals surface area contributed by atoms with E-state index in [1.54, 1.807) is 21.0 Å². The number of carbonyl (C=O) groups excluding carboxylic acids is 1. The van der Waals surface area contributed by atoms with E-state index in [-0.39, 0.29) is 5.97 Å². The summed E-state index contributed by atoms with van der Waals surface area (Å²) in [6, 6.07) is 7.42. The monoisotopic (exact) mass is 238 g/mol. The van der Waals surface area contributed by atoms with Crippen LogP contribution in [0.3, 0.4) is 0 Å². The smallest absolute Gasteiger partial charge is 0.347 e. The predicted octanol–water partition coefficient (Wildman–Crippen LogP) is 2.16. The first-order chi connectivity index (χ1) is 8.17. The lowest BCUT2D eigenvalue weighted by Crippen LogP contribution is -2.26. The molecule has 0 radical (unpaired) electrons. The molecule has 0 aromatic heterocycles. The van der Waals surface area contributed by atoms with Gasteiger partial charge in [0, 0.05) is 7.11 Å². The molecule has 1 atom stereocenters. The van der Waals surface area contributed by atoms with E-state index in [4.69, 9.17) is 14.2 Å². The van der Waals surface area contributed by atoms with Crippen LogP contribution in [0.5, 0.6) is 5.75 Å². The molecule has 1 unspecified atom stereocenters. The molecule has 1 rings (SSSR count). The van der Waals surface area contributed by atoms with Gasteiger partial charge in [0.25, 0.3) is 0 Å². The Labute approximate surface area is 101 Å². The van der Waals surface area contributed by atoms with Gasteiger partial charge in [0.2, 0.25) is 0 Å². The van der Waals surface area contributed by atoms with Crippen LogP contribution >= 0.6 is 0 Å². The van der Waals surface area contributed by atoms with Crippen LogP contribution in [0.15, 0.2) is 24.3 Å². The molecule has 0 aliphatic rings. The van der Waals surface area contributed by atoms with Crippen LogP contribution in [0.4, 0.5) is 0 Å². The highest BCUT2D eigenvalue weighted by Gasteiger charge is 2.15. The van der Waals surface area contributed by atoms with E-state index in [9.17, 15) is 4.79 Å². The molecular formula is C13H18O4. The van der Waals surface area contributed by atoms with Gasteiger partial charge >= 0.3 is 5.97 Å². The summed E-state index contributed by atoms with van der Waals surface area (Å²) in [5, 5.41) is 0. The van der Waals surface area contributed by atoms with Crippen molar-refractivity contribution in [2.24, 2.45) is 0 Å². The number of carbonyl (C=O) groups is 1. The van der Waals surface area contributed by atoms with E-state index in [1.165, 1.54) is 0 Å². The number of hydrogen-bond acceptors (Lipinski definition) is 4. The van der Waals surface area contributed by atoms with E-state index >= 15 is 0 Å². The van der Waals surface area contributed by atoms with Gasteiger partial charge in [-0.25, -0.2) is 4.79 Å². The number of esters is 1. The maximum Gasteiger partial charge on any atom is 0.347 e. The number of ether oxygens (including phenoxy) is 3. The van der Waals surface area contributed by atoms with Gasteiger partial charge in [-0.2, -0.15) is 0 Å². The molecule has 1 aromatic rings. The van der Waals surface area contributed by atoms with Gasteiger partial charge in [-0.3, -0.25) is 0 Å². The van der Waals surface area contributed by atoms with Crippen molar-refractivity contribution in [3.63, 3.8) is 0 Å². The molecule has 0 heterocycles. The second kappa shape index (κ2) is 6.91. The van der Waals surface area contributed by atoms with Crippen molar-refractivity contribution in [3.05, 3.63) is 29.8 Å². The Kier molecular flexibility index (Phi) is 5.49. The second-order valence-corrected chi connectivity index (χ2v) is 3.59. The van der Waals surface area contributed by atoms with Gasteiger partial charge in [-0.1, -0.05) is 12.1 Å². The summed E-state index contributed by atoms with van der Waals surface area (Å²) in [6.45, 7) is 4.36. The van der Waals surface area contributed by atoms with Crippen LogP contribution in [0, 0.1) is 0 Å². The molecule has 0 saturated carbocycles. The van der Waals surface area contributed by atoms with Crippen molar-refractivity contribution >= 4 is 5.97 Å².